The molecule has 3 rings (SSSR count). The summed E-state index contributed by atoms with van der Waals surface area (Å²) >= 11 is 0. The molecule has 1 aliphatic rings. The lowest BCUT2D eigenvalue weighted by atomic mass is 10.1. The molecule has 0 radical (unpaired) electrons. The molecule has 0 bridgehead atoms. The molecule has 2 aromatic rings. The van der Waals surface area contributed by atoms with Gasteiger partial charge in [0.15, 0.2) is 0 Å². The molecule has 112 valence electrons. The van der Waals surface area contributed by atoms with Gasteiger partial charge in [0.2, 0.25) is 0 Å². The first-order valence-corrected chi connectivity index (χ1v) is 7.73. The number of rotatable bonds is 3. The Labute approximate surface area is 126 Å². The second kappa shape index (κ2) is 6.41. The van der Waals surface area contributed by atoms with Gasteiger partial charge in [0.1, 0.15) is 0 Å². The molecule has 0 saturated carbocycles. The first-order chi connectivity index (χ1) is 10.2. The van der Waals surface area contributed by atoms with Crippen molar-refractivity contribution in [2.24, 2.45) is 7.05 Å². The van der Waals surface area contributed by atoms with Crippen LogP contribution in [-0.4, -0.2) is 33.8 Å². The van der Waals surface area contributed by atoms with E-state index in [-0.39, 0.29) is 0 Å². The minimum atomic E-state index is 0.403. The quantitative estimate of drug-likeness (QED) is 0.939. The molecular weight excluding hydrogens is 260 g/mol. The first-order valence-electron chi connectivity index (χ1n) is 7.73. The van der Waals surface area contributed by atoms with E-state index in [2.05, 4.69) is 58.6 Å². The zero-order valence-corrected chi connectivity index (χ0v) is 12.9. The number of aromatic nitrogens is 2. The Morgan fingerprint density at radius 2 is 2.05 bits per heavy atom. The Kier molecular flexibility index (Phi) is 4.36. The SMILES string of the molecule is CC1CCNC(c2ccccc2)CN1Cc1ccn(C)n1. The van der Waals surface area contributed by atoms with Gasteiger partial charge in [-0.3, -0.25) is 9.58 Å². The molecule has 0 aliphatic carbocycles. The van der Waals surface area contributed by atoms with Crippen molar-refractivity contribution < 1.29 is 0 Å². The van der Waals surface area contributed by atoms with E-state index < -0.39 is 0 Å². The Morgan fingerprint density at radius 1 is 1.24 bits per heavy atom. The van der Waals surface area contributed by atoms with Gasteiger partial charge in [-0.25, -0.2) is 0 Å². The van der Waals surface area contributed by atoms with E-state index in [1.54, 1.807) is 0 Å². The van der Waals surface area contributed by atoms with Gasteiger partial charge in [-0.15, -0.1) is 0 Å². The molecule has 21 heavy (non-hydrogen) atoms. The minimum absolute atomic E-state index is 0.403. The summed E-state index contributed by atoms with van der Waals surface area (Å²) in [6.45, 7) is 5.34. The number of aryl methyl sites for hydroxylation is 1. The van der Waals surface area contributed by atoms with E-state index in [1.165, 1.54) is 12.0 Å². The Hall–Kier alpha value is -1.65. The number of benzene rings is 1. The molecule has 0 amide bonds. The second-order valence-corrected chi connectivity index (χ2v) is 5.97. The van der Waals surface area contributed by atoms with Crippen LogP contribution in [0.1, 0.15) is 30.6 Å². The lowest BCUT2D eigenvalue weighted by molar-refractivity contribution is 0.193. The highest BCUT2D eigenvalue weighted by molar-refractivity contribution is 5.19. The zero-order valence-electron chi connectivity index (χ0n) is 12.9. The van der Waals surface area contributed by atoms with Gasteiger partial charge in [0.25, 0.3) is 0 Å². The fraction of sp³-hybridized carbons (Fsp3) is 0.471. The summed E-state index contributed by atoms with van der Waals surface area (Å²) in [4.78, 5) is 2.54. The van der Waals surface area contributed by atoms with Crippen molar-refractivity contribution in [2.75, 3.05) is 13.1 Å². The highest BCUT2D eigenvalue weighted by Crippen LogP contribution is 2.21. The Bertz CT molecular complexity index is 563. The van der Waals surface area contributed by atoms with Gasteiger partial charge in [-0.2, -0.15) is 5.10 Å². The molecule has 2 heterocycles. The molecule has 1 fully saturated rings. The number of nitrogens with one attached hydrogen (secondary N) is 1. The maximum atomic E-state index is 4.52. The minimum Gasteiger partial charge on any atom is -0.309 e. The van der Waals surface area contributed by atoms with Crippen LogP contribution in [0.3, 0.4) is 0 Å². The molecule has 1 aromatic carbocycles. The second-order valence-electron chi connectivity index (χ2n) is 5.97. The largest absolute Gasteiger partial charge is 0.309 e. The van der Waals surface area contributed by atoms with Gasteiger partial charge >= 0.3 is 0 Å². The maximum Gasteiger partial charge on any atom is 0.0764 e. The van der Waals surface area contributed by atoms with Gasteiger partial charge in [-0.05, 0) is 31.5 Å². The topological polar surface area (TPSA) is 33.1 Å². The van der Waals surface area contributed by atoms with Gasteiger partial charge < -0.3 is 5.32 Å². The van der Waals surface area contributed by atoms with Crippen molar-refractivity contribution in [3.63, 3.8) is 0 Å². The van der Waals surface area contributed by atoms with Crippen molar-refractivity contribution >= 4 is 0 Å². The summed E-state index contributed by atoms with van der Waals surface area (Å²) in [5.74, 6) is 0. The lowest BCUT2D eigenvalue weighted by Gasteiger charge is -2.28. The molecule has 4 nitrogen and oxygen atoms in total. The lowest BCUT2D eigenvalue weighted by Crippen LogP contribution is -2.35. The predicted octanol–water partition coefficient (Wildman–Crippen LogP) is 2.35. The summed E-state index contributed by atoms with van der Waals surface area (Å²) in [6.07, 6.45) is 3.20. The van der Waals surface area contributed by atoms with Crippen LogP contribution in [0.4, 0.5) is 0 Å². The van der Waals surface area contributed by atoms with Crippen LogP contribution in [0.5, 0.6) is 0 Å². The van der Waals surface area contributed by atoms with Crippen LogP contribution in [0, 0.1) is 0 Å². The van der Waals surface area contributed by atoms with Crippen LogP contribution in [-0.2, 0) is 13.6 Å². The number of hydrogen-bond donors (Lipinski definition) is 1. The van der Waals surface area contributed by atoms with Crippen LogP contribution >= 0.6 is 0 Å². The summed E-state index contributed by atoms with van der Waals surface area (Å²) in [7, 11) is 1.98. The molecular formula is C17H24N4. The fourth-order valence-electron chi connectivity index (χ4n) is 3.01. The summed E-state index contributed by atoms with van der Waals surface area (Å²) in [6, 6.07) is 13.8. The van der Waals surface area contributed by atoms with E-state index >= 15 is 0 Å². The smallest absolute Gasteiger partial charge is 0.0764 e. The summed E-state index contributed by atoms with van der Waals surface area (Å²) < 4.78 is 1.88. The highest BCUT2D eigenvalue weighted by atomic mass is 15.3. The third-order valence-corrected chi connectivity index (χ3v) is 4.33. The summed E-state index contributed by atoms with van der Waals surface area (Å²) in [5.41, 5.74) is 2.52. The molecule has 2 atom stereocenters. The van der Waals surface area contributed by atoms with E-state index in [4.69, 9.17) is 0 Å². The van der Waals surface area contributed by atoms with Gasteiger partial charge in [0.05, 0.1) is 5.69 Å². The maximum absolute atomic E-state index is 4.52. The molecule has 0 spiro atoms. The molecule has 1 aromatic heterocycles. The van der Waals surface area contributed by atoms with E-state index in [0.29, 0.717) is 12.1 Å². The highest BCUT2D eigenvalue weighted by Gasteiger charge is 2.24. The normalized spacial score (nSPS) is 23.9. The van der Waals surface area contributed by atoms with E-state index in [9.17, 15) is 0 Å². The van der Waals surface area contributed by atoms with Crippen molar-refractivity contribution in [3.05, 3.63) is 53.9 Å². The van der Waals surface area contributed by atoms with Crippen molar-refractivity contribution in [2.45, 2.75) is 32.0 Å². The predicted molar refractivity (Wildman–Crippen MR) is 84.9 cm³/mol. The molecule has 1 N–H and O–H groups in total. The van der Waals surface area contributed by atoms with Crippen LogP contribution in [0.2, 0.25) is 0 Å². The molecule has 2 unspecified atom stereocenters. The third-order valence-electron chi connectivity index (χ3n) is 4.33. The average Bonchev–Trinajstić information content (AvgIpc) is 2.81. The Balaban J connectivity index is 1.74. The standard InChI is InChI=1S/C17H24N4/c1-14-8-10-18-17(15-6-4-3-5-7-15)13-21(14)12-16-9-11-20(2)19-16/h3-7,9,11,14,17-18H,8,10,12-13H2,1-2H3. The van der Waals surface area contributed by atoms with Crippen LogP contribution < -0.4 is 5.32 Å². The Morgan fingerprint density at radius 3 is 2.76 bits per heavy atom. The van der Waals surface area contributed by atoms with Crippen molar-refractivity contribution in [1.29, 1.82) is 0 Å². The zero-order chi connectivity index (χ0) is 14.7. The molecule has 1 aliphatic heterocycles. The van der Waals surface area contributed by atoms with Gasteiger partial charge in [0, 0.05) is 38.4 Å². The van der Waals surface area contributed by atoms with Crippen molar-refractivity contribution in [1.82, 2.24) is 20.0 Å². The molecule has 1 saturated heterocycles. The third kappa shape index (κ3) is 3.52. The first kappa shape index (κ1) is 14.3. The monoisotopic (exact) mass is 284 g/mol. The van der Waals surface area contributed by atoms with Crippen LogP contribution in [0.25, 0.3) is 0 Å². The molecule has 4 heteroatoms. The fourth-order valence-corrected chi connectivity index (χ4v) is 3.01. The number of hydrogen-bond acceptors (Lipinski definition) is 3. The number of nitrogens with zero attached hydrogens (tertiary/aromatic N) is 3. The van der Waals surface area contributed by atoms with Crippen molar-refractivity contribution in [3.8, 4) is 0 Å². The average molecular weight is 284 g/mol. The van der Waals surface area contributed by atoms with E-state index in [0.717, 1.165) is 25.3 Å². The van der Waals surface area contributed by atoms with Crippen LogP contribution in [0.15, 0.2) is 42.6 Å². The van der Waals surface area contributed by atoms with Gasteiger partial charge in [-0.1, -0.05) is 30.3 Å². The van der Waals surface area contributed by atoms with E-state index in [1.807, 2.05) is 17.9 Å². The summed E-state index contributed by atoms with van der Waals surface area (Å²) in [5, 5.41) is 8.20.